The van der Waals surface area contributed by atoms with Crippen molar-refractivity contribution in [2.75, 3.05) is 0 Å². The molecule has 1 rings (SSSR count). The highest BCUT2D eigenvalue weighted by Crippen LogP contribution is 2.22. The van der Waals surface area contributed by atoms with Crippen LogP contribution in [0.15, 0.2) is 18.2 Å². The smallest absolute Gasteiger partial charge is 0.0519 e. The Kier molecular flexibility index (Phi) is 2.34. The third-order valence-electron chi connectivity index (χ3n) is 1.46. The molecule has 0 N–H and O–H groups in total. The van der Waals surface area contributed by atoms with Gasteiger partial charge >= 0.3 is 0 Å². The Bertz CT molecular complexity index is 216. The van der Waals surface area contributed by atoms with E-state index in [9.17, 15) is 0 Å². The van der Waals surface area contributed by atoms with E-state index in [0.717, 1.165) is 5.02 Å². The molecular weight excluding hydrogens is 144 g/mol. The molecule has 0 nitrogen and oxygen atoms in total. The number of halogens is 1. The molecular formula is C9H10Cl. The zero-order chi connectivity index (χ0) is 7.56. The lowest BCUT2D eigenvalue weighted by molar-refractivity contribution is 0.867. The summed E-state index contributed by atoms with van der Waals surface area (Å²) in [4.78, 5) is 0. The molecule has 0 saturated carbocycles. The van der Waals surface area contributed by atoms with E-state index in [2.05, 4.69) is 19.9 Å². The molecule has 1 aromatic carbocycles. The Labute approximate surface area is 66.8 Å². The third kappa shape index (κ3) is 1.51. The van der Waals surface area contributed by atoms with Crippen molar-refractivity contribution < 1.29 is 0 Å². The van der Waals surface area contributed by atoms with Gasteiger partial charge in [0.2, 0.25) is 0 Å². The summed E-state index contributed by atoms with van der Waals surface area (Å²) in [5, 5.41) is 0.748. The Balaban J connectivity index is 3.03. The van der Waals surface area contributed by atoms with Crippen molar-refractivity contribution in [3.05, 3.63) is 34.9 Å². The maximum Gasteiger partial charge on any atom is 0.0519 e. The molecule has 0 spiro atoms. The summed E-state index contributed by atoms with van der Waals surface area (Å²) >= 11 is 5.86. The molecule has 10 heavy (non-hydrogen) atoms. The van der Waals surface area contributed by atoms with Gasteiger partial charge in [-0.2, -0.15) is 0 Å². The first kappa shape index (κ1) is 7.62. The summed E-state index contributed by atoms with van der Waals surface area (Å²) in [6, 6.07) is 8.77. The Morgan fingerprint density at radius 3 is 2.60 bits per heavy atom. The molecule has 0 aliphatic carbocycles. The van der Waals surface area contributed by atoms with E-state index in [1.165, 1.54) is 5.56 Å². The van der Waals surface area contributed by atoms with Crippen LogP contribution in [0, 0.1) is 6.07 Å². The van der Waals surface area contributed by atoms with E-state index in [-0.39, 0.29) is 0 Å². The molecule has 0 aliphatic heterocycles. The van der Waals surface area contributed by atoms with Crippen molar-refractivity contribution in [1.29, 1.82) is 0 Å². The second kappa shape index (κ2) is 3.07. The Morgan fingerprint density at radius 1 is 1.50 bits per heavy atom. The molecule has 0 atom stereocenters. The molecule has 0 amide bonds. The van der Waals surface area contributed by atoms with Gasteiger partial charge in [-0.1, -0.05) is 43.6 Å². The third-order valence-corrected chi connectivity index (χ3v) is 1.78. The fourth-order valence-electron chi connectivity index (χ4n) is 0.875. The summed E-state index contributed by atoms with van der Waals surface area (Å²) in [6.45, 7) is 4.24. The van der Waals surface area contributed by atoms with Crippen molar-refractivity contribution >= 4 is 11.6 Å². The topological polar surface area (TPSA) is 0 Å². The van der Waals surface area contributed by atoms with Crippen molar-refractivity contribution in [2.45, 2.75) is 19.8 Å². The zero-order valence-corrected chi connectivity index (χ0v) is 6.94. The molecule has 0 heterocycles. The molecule has 0 aromatic heterocycles. The van der Waals surface area contributed by atoms with E-state index >= 15 is 0 Å². The van der Waals surface area contributed by atoms with Crippen molar-refractivity contribution in [3.8, 4) is 0 Å². The molecule has 0 unspecified atom stereocenters. The lowest BCUT2D eigenvalue weighted by Crippen LogP contribution is -1.86. The highest BCUT2D eigenvalue weighted by molar-refractivity contribution is 6.31. The number of benzene rings is 1. The van der Waals surface area contributed by atoms with E-state index in [4.69, 9.17) is 11.6 Å². The van der Waals surface area contributed by atoms with E-state index < -0.39 is 0 Å². The van der Waals surface area contributed by atoms with Gasteiger partial charge in [-0.3, -0.25) is 0 Å². The number of hydrogen-bond donors (Lipinski definition) is 0. The molecule has 1 radical (unpaired) electrons. The SMILES string of the molecule is CC(C)c1ccc[c]c1Cl. The van der Waals surface area contributed by atoms with Gasteiger partial charge in [0.1, 0.15) is 0 Å². The summed E-state index contributed by atoms with van der Waals surface area (Å²) < 4.78 is 0. The highest BCUT2D eigenvalue weighted by atomic mass is 35.5. The minimum atomic E-state index is 0.491. The van der Waals surface area contributed by atoms with E-state index in [0.29, 0.717) is 5.92 Å². The van der Waals surface area contributed by atoms with Crippen LogP contribution < -0.4 is 0 Å². The van der Waals surface area contributed by atoms with Crippen molar-refractivity contribution in [2.24, 2.45) is 0 Å². The van der Waals surface area contributed by atoms with Gasteiger partial charge in [-0.05, 0) is 11.5 Å². The van der Waals surface area contributed by atoms with Crippen molar-refractivity contribution in [3.63, 3.8) is 0 Å². The Morgan fingerprint density at radius 2 is 2.20 bits per heavy atom. The summed E-state index contributed by atoms with van der Waals surface area (Å²) in [7, 11) is 0. The van der Waals surface area contributed by atoms with Crippen LogP contribution >= 0.6 is 11.6 Å². The predicted molar refractivity (Wildman–Crippen MR) is 44.4 cm³/mol. The fourth-order valence-corrected chi connectivity index (χ4v) is 1.22. The molecule has 53 valence electrons. The van der Waals surface area contributed by atoms with Crippen LogP contribution in [-0.2, 0) is 0 Å². The van der Waals surface area contributed by atoms with E-state index in [1.807, 2.05) is 18.2 Å². The predicted octanol–water partition coefficient (Wildman–Crippen LogP) is 3.26. The summed E-state index contributed by atoms with van der Waals surface area (Å²) in [6.07, 6.45) is 0. The monoisotopic (exact) mass is 153 g/mol. The maximum absolute atomic E-state index is 5.86. The Hall–Kier alpha value is -0.490. The molecule has 0 saturated heterocycles. The van der Waals surface area contributed by atoms with Crippen LogP contribution in [0.4, 0.5) is 0 Å². The maximum atomic E-state index is 5.86. The average Bonchev–Trinajstić information content (AvgIpc) is 1.88. The highest BCUT2D eigenvalue weighted by Gasteiger charge is 2.01. The van der Waals surface area contributed by atoms with E-state index in [1.54, 1.807) is 0 Å². The molecule has 0 fully saturated rings. The van der Waals surface area contributed by atoms with Crippen LogP contribution in [0.1, 0.15) is 25.3 Å². The molecule has 0 bridgehead atoms. The molecule has 1 aromatic rings. The van der Waals surface area contributed by atoms with Gasteiger partial charge in [-0.15, -0.1) is 0 Å². The number of hydrogen-bond acceptors (Lipinski definition) is 0. The fraction of sp³-hybridized carbons (Fsp3) is 0.333. The first-order valence-electron chi connectivity index (χ1n) is 3.38. The second-order valence-corrected chi connectivity index (χ2v) is 2.97. The second-order valence-electron chi connectivity index (χ2n) is 2.59. The average molecular weight is 154 g/mol. The summed E-state index contributed by atoms with van der Waals surface area (Å²) in [5.41, 5.74) is 1.17. The lowest BCUT2D eigenvalue weighted by Gasteiger charge is -2.05. The van der Waals surface area contributed by atoms with Crippen LogP contribution in [-0.4, -0.2) is 0 Å². The first-order valence-corrected chi connectivity index (χ1v) is 3.75. The lowest BCUT2D eigenvalue weighted by atomic mass is 10.0. The molecule has 1 heteroatoms. The molecule has 0 aliphatic rings. The van der Waals surface area contributed by atoms with Crippen LogP contribution in [0.2, 0.25) is 5.02 Å². The van der Waals surface area contributed by atoms with Gasteiger partial charge in [0.25, 0.3) is 0 Å². The van der Waals surface area contributed by atoms with Gasteiger partial charge < -0.3 is 0 Å². The van der Waals surface area contributed by atoms with Crippen LogP contribution in [0.3, 0.4) is 0 Å². The van der Waals surface area contributed by atoms with Crippen molar-refractivity contribution in [1.82, 2.24) is 0 Å². The van der Waals surface area contributed by atoms with Gasteiger partial charge in [0.05, 0.1) is 5.02 Å². The largest absolute Gasteiger partial charge is 0.0833 e. The normalized spacial score (nSPS) is 10.4. The first-order chi connectivity index (χ1) is 4.72. The van der Waals surface area contributed by atoms with Gasteiger partial charge in [-0.25, -0.2) is 0 Å². The standard InChI is InChI=1S/C9H10Cl/c1-7(2)8-5-3-4-6-9(8)10/h3-5,7H,1-2H3. The van der Waals surface area contributed by atoms with Crippen LogP contribution in [0.25, 0.3) is 0 Å². The zero-order valence-electron chi connectivity index (χ0n) is 6.19. The minimum Gasteiger partial charge on any atom is -0.0833 e. The van der Waals surface area contributed by atoms with Crippen LogP contribution in [0.5, 0.6) is 0 Å². The summed E-state index contributed by atoms with van der Waals surface area (Å²) in [5.74, 6) is 0.491. The quantitative estimate of drug-likeness (QED) is 0.581. The minimum absolute atomic E-state index is 0.491. The van der Waals surface area contributed by atoms with Gasteiger partial charge in [0.15, 0.2) is 0 Å². The number of rotatable bonds is 1. The van der Waals surface area contributed by atoms with Gasteiger partial charge in [0, 0.05) is 6.07 Å².